The summed E-state index contributed by atoms with van der Waals surface area (Å²) in [6.45, 7) is -1.30. The van der Waals surface area contributed by atoms with Gasteiger partial charge in [-0.05, 0) is 18.1 Å². The first-order valence-electron chi connectivity index (χ1n) is 6.90. The van der Waals surface area contributed by atoms with Gasteiger partial charge in [0, 0.05) is 11.6 Å². The van der Waals surface area contributed by atoms with E-state index in [9.17, 15) is 13.2 Å². The zero-order valence-corrected chi connectivity index (χ0v) is 13.3. The number of rotatable bonds is 4. The van der Waals surface area contributed by atoms with Gasteiger partial charge >= 0.3 is 6.18 Å². The summed E-state index contributed by atoms with van der Waals surface area (Å²) in [5, 5.41) is 17.3. The van der Waals surface area contributed by atoms with Gasteiger partial charge in [-0.15, -0.1) is 0 Å². The molecule has 2 aromatic rings. The zero-order chi connectivity index (χ0) is 18.4. The van der Waals surface area contributed by atoms with Crippen LogP contribution >= 0.6 is 0 Å². The molecule has 0 aliphatic rings. The molecular weight excluding hydrogens is 337 g/mol. The molecule has 0 unspecified atom stereocenters. The van der Waals surface area contributed by atoms with Gasteiger partial charge in [0.1, 0.15) is 35.4 Å². The highest BCUT2D eigenvalue weighted by Gasteiger charge is 2.27. The van der Waals surface area contributed by atoms with Crippen LogP contribution in [0.4, 0.5) is 19.0 Å². The van der Waals surface area contributed by atoms with E-state index in [1.807, 2.05) is 0 Å². The predicted molar refractivity (Wildman–Crippen MR) is 83.4 cm³/mol. The van der Waals surface area contributed by atoms with Crippen LogP contribution in [0.2, 0.25) is 0 Å². The third-order valence-corrected chi connectivity index (χ3v) is 3.02. The summed E-state index contributed by atoms with van der Waals surface area (Å²) in [6.07, 6.45) is -4.42. The number of aromatic nitrogens is 2. The minimum atomic E-state index is -4.42. The summed E-state index contributed by atoms with van der Waals surface area (Å²) >= 11 is 0. The smallest absolute Gasteiger partial charge is 0.405 e. The molecule has 9 heteroatoms. The summed E-state index contributed by atoms with van der Waals surface area (Å²) in [5.74, 6) is 6.32. The number of nitriles is 1. The highest BCUT2D eigenvalue weighted by molar-refractivity contribution is 5.60. The largest absolute Gasteiger partial charge is 0.497 e. The first-order chi connectivity index (χ1) is 11.9. The van der Waals surface area contributed by atoms with E-state index in [1.165, 1.54) is 14.2 Å². The van der Waals surface area contributed by atoms with Crippen LogP contribution in [0.3, 0.4) is 0 Å². The Labute approximate surface area is 141 Å². The molecule has 1 heterocycles. The second kappa shape index (κ2) is 7.49. The standard InChI is InChI=1S/C16H13F3N4O2/c1-24-11-5-10(6-12(7-11)25-2)3-4-14-13(8-20)15(23-22-14)21-9-16(17,18)19/h5-7H,9H2,1-2H3,(H2,21,22,23). The molecule has 0 saturated heterocycles. The molecule has 0 amide bonds. The highest BCUT2D eigenvalue weighted by atomic mass is 19.4. The molecule has 0 aliphatic heterocycles. The molecule has 25 heavy (non-hydrogen) atoms. The number of hydrogen-bond donors (Lipinski definition) is 2. The average molecular weight is 350 g/mol. The van der Waals surface area contributed by atoms with Crippen LogP contribution in [0.1, 0.15) is 16.8 Å². The van der Waals surface area contributed by atoms with Crippen molar-refractivity contribution in [1.29, 1.82) is 5.26 Å². The summed E-state index contributed by atoms with van der Waals surface area (Å²) < 4.78 is 47.0. The van der Waals surface area contributed by atoms with Crippen molar-refractivity contribution in [2.75, 3.05) is 26.1 Å². The predicted octanol–water partition coefficient (Wildman–Crippen LogP) is 2.67. The van der Waals surface area contributed by atoms with Gasteiger partial charge in [-0.1, -0.05) is 5.92 Å². The normalized spacial score (nSPS) is 10.4. The van der Waals surface area contributed by atoms with Crippen molar-refractivity contribution in [1.82, 2.24) is 10.2 Å². The summed E-state index contributed by atoms with van der Waals surface area (Å²) in [6, 6.07) is 6.76. The third-order valence-electron chi connectivity index (χ3n) is 3.02. The van der Waals surface area contributed by atoms with Gasteiger partial charge in [0.2, 0.25) is 0 Å². The highest BCUT2D eigenvalue weighted by Crippen LogP contribution is 2.22. The minimum absolute atomic E-state index is 0.0911. The fraction of sp³-hybridized carbons (Fsp3) is 0.250. The van der Waals surface area contributed by atoms with E-state index in [0.29, 0.717) is 17.1 Å². The van der Waals surface area contributed by atoms with Gasteiger partial charge in [-0.3, -0.25) is 5.10 Å². The van der Waals surface area contributed by atoms with Crippen molar-refractivity contribution < 1.29 is 22.6 Å². The Kier molecular flexibility index (Phi) is 5.40. The third kappa shape index (κ3) is 4.82. The lowest BCUT2D eigenvalue weighted by Gasteiger charge is -2.06. The second-order valence-corrected chi connectivity index (χ2v) is 4.75. The first-order valence-corrected chi connectivity index (χ1v) is 6.90. The molecule has 0 saturated carbocycles. The Balaban J connectivity index is 2.29. The van der Waals surface area contributed by atoms with E-state index >= 15 is 0 Å². The molecule has 0 aliphatic carbocycles. The van der Waals surface area contributed by atoms with Crippen LogP contribution in [0.15, 0.2) is 18.2 Å². The van der Waals surface area contributed by atoms with Crippen molar-refractivity contribution in [3.8, 4) is 29.4 Å². The van der Waals surface area contributed by atoms with E-state index in [0.717, 1.165) is 0 Å². The van der Waals surface area contributed by atoms with Crippen molar-refractivity contribution in [3.05, 3.63) is 35.0 Å². The zero-order valence-electron chi connectivity index (χ0n) is 13.3. The van der Waals surface area contributed by atoms with Crippen LogP contribution in [-0.2, 0) is 0 Å². The van der Waals surface area contributed by atoms with Gasteiger partial charge in [0.15, 0.2) is 5.82 Å². The minimum Gasteiger partial charge on any atom is -0.497 e. The Morgan fingerprint density at radius 3 is 2.32 bits per heavy atom. The van der Waals surface area contributed by atoms with Crippen molar-refractivity contribution >= 4 is 5.82 Å². The molecule has 2 N–H and O–H groups in total. The molecule has 2 rings (SSSR count). The number of halogens is 3. The molecule has 0 fully saturated rings. The molecule has 1 aromatic heterocycles. The molecule has 0 radical (unpaired) electrons. The van der Waals surface area contributed by atoms with Gasteiger partial charge < -0.3 is 14.8 Å². The fourth-order valence-corrected chi connectivity index (χ4v) is 1.87. The second-order valence-electron chi connectivity index (χ2n) is 4.75. The Morgan fingerprint density at radius 2 is 1.80 bits per heavy atom. The van der Waals surface area contributed by atoms with E-state index in [4.69, 9.17) is 14.7 Å². The molecule has 0 spiro atoms. The summed E-state index contributed by atoms with van der Waals surface area (Å²) in [4.78, 5) is 0. The lowest BCUT2D eigenvalue weighted by atomic mass is 10.2. The van der Waals surface area contributed by atoms with E-state index < -0.39 is 12.7 Å². The van der Waals surface area contributed by atoms with Crippen molar-refractivity contribution in [2.24, 2.45) is 0 Å². The maximum absolute atomic E-state index is 12.3. The van der Waals surface area contributed by atoms with E-state index in [1.54, 1.807) is 24.3 Å². The SMILES string of the molecule is COc1cc(C#Cc2[nH]nc(NCC(F)(F)F)c2C#N)cc(OC)c1. The fourth-order valence-electron chi connectivity index (χ4n) is 1.87. The Bertz CT molecular complexity index is 835. The first kappa shape index (κ1) is 18.0. The van der Waals surface area contributed by atoms with Crippen LogP contribution in [0, 0.1) is 23.2 Å². The summed E-state index contributed by atoms with van der Waals surface area (Å²) in [7, 11) is 2.99. The molecule has 130 valence electrons. The number of aromatic amines is 1. The maximum Gasteiger partial charge on any atom is 0.405 e. The maximum atomic E-state index is 12.3. The quantitative estimate of drug-likeness (QED) is 0.829. The number of nitrogens with one attached hydrogen (secondary N) is 2. The van der Waals surface area contributed by atoms with E-state index in [-0.39, 0.29) is 17.1 Å². The Hall–Kier alpha value is -3.33. The number of H-pyrrole nitrogens is 1. The number of ether oxygens (including phenoxy) is 2. The lowest BCUT2D eigenvalue weighted by Crippen LogP contribution is -2.21. The van der Waals surface area contributed by atoms with E-state index in [2.05, 4.69) is 27.4 Å². The molecule has 0 bridgehead atoms. The molecule has 6 nitrogen and oxygen atoms in total. The summed E-state index contributed by atoms with van der Waals surface area (Å²) in [5.41, 5.74) is 0.556. The Morgan fingerprint density at radius 1 is 1.16 bits per heavy atom. The number of hydrogen-bond acceptors (Lipinski definition) is 5. The van der Waals surface area contributed by atoms with Crippen molar-refractivity contribution in [2.45, 2.75) is 6.18 Å². The van der Waals surface area contributed by atoms with Crippen molar-refractivity contribution in [3.63, 3.8) is 0 Å². The van der Waals surface area contributed by atoms with Crippen LogP contribution in [-0.4, -0.2) is 37.1 Å². The van der Waals surface area contributed by atoms with Gasteiger partial charge in [-0.2, -0.15) is 23.5 Å². The van der Waals surface area contributed by atoms with Crippen LogP contribution in [0.25, 0.3) is 0 Å². The number of nitrogens with zero attached hydrogens (tertiary/aromatic N) is 2. The topological polar surface area (TPSA) is 83.0 Å². The molecule has 1 aromatic carbocycles. The lowest BCUT2D eigenvalue weighted by molar-refractivity contribution is -0.115. The van der Waals surface area contributed by atoms with Crippen LogP contribution in [0.5, 0.6) is 11.5 Å². The number of anilines is 1. The van der Waals surface area contributed by atoms with Gasteiger partial charge in [0.25, 0.3) is 0 Å². The van der Waals surface area contributed by atoms with Gasteiger partial charge in [0.05, 0.1) is 14.2 Å². The number of alkyl halides is 3. The van der Waals surface area contributed by atoms with Crippen LogP contribution < -0.4 is 14.8 Å². The monoisotopic (exact) mass is 350 g/mol. The molecule has 0 atom stereocenters. The molecular formula is C16H13F3N4O2. The number of benzene rings is 1. The van der Waals surface area contributed by atoms with Gasteiger partial charge in [-0.25, -0.2) is 0 Å². The average Bonchev–Trinajstić information content (AvgIpc) is 2.99. The number of methoxy groups -OCH3 is 2.